The third-order valence-electron chi connectivity index (χ3n) is 2.67. The normalized spacial score (nSPS) is 12.4. The molecule has 2 aromatic rings. The molecule has 1 heterocycles. The number of benzene rings is 1. The molecule has 1 N–H and O–H groups in total. The number of carbonyl (C=O) groups excluding carboxylic acids is 1. The third kappa shape index (κ3) is 2.61. The predicted molar refractivity (Wildman–Crippen MR) is 75.1 cm³/mol. The SMILES string of the molecule is CNc1nc(S[C@H](C)C(C)=O)nc2ccccc12. The molecule has 5 heteroatoms. The average Bonchev–Trinajstić information content (AvgIpc) is 2.37. The van der Waals surface area contributed by atoms with Crippen molar-refractivity contribution in [3.05, 3.63) is 24.3 Å². The number of hydrogen-bond donors (Lipinski definition) is 1. The van der Waals surface area contributed by atoms with Gasteiger partial charge < -0.3 is 5.32 Å². The first-order valence-corrected chi connectivity index (χ1v) is 6.61. The second-order valence-electron chi connectivity index (χ2n) is 3.99. The largest absolute Gasteiger partial charge is 0.372 e. The fraction of sp³-hybridized carbons (Fsp3) is 0.308. The van der Waals surface area contributed by atoms with Crippen molar-refractivity contribution < 1.29 is 4.79 Å². The van der Waals surface area contributed by atoms with E-state index in [9.17, 15) is 4.79 Å². The summed E-state index contributed by atoms with van der Waals surface area (Å²) in [6.45, 7) is 3.45. The van der Waals surface area contributed by atoms with Gasteiger partial charge in [0.1, 0.15) is 11.6 Å². The number of nitrogens with zero attached hydrogens (tertiary/aromatic N) is 2. The Morgan fingerprint density at radius 2 is 2.06 bits per heavy atom. The summed E-state index contributed by atoms with van der Waals surface area (Å²) < 4.78 is 0. The van der Waals surface area contributed by atoms with Crippen LogP contribution in [0.15, 0.2) is 29.4 Å². The van der Waals surface area contributed by atoms with Gasteiger partial charge >= 0.3 is 0 Å². The number of aromatic nitrogens is 2. The van der Waals surface area contributed by atoms with Gasteiger partial charge in [0.2, 0.25) is 0 Å². The van der Waals surface area contributed by atoms with Crippen molar-refractivity contribution in [3.8, 4) is 0 Å². The fourth-order valence-electron chi connectivity index (χ4n) is 1.54. The Bertz CT molecular complexity index is 585. The van der Waals surface area contributed by atoms with E-state index in [4.69, 9.17) is 0 Å². The molecule has 2 rings (SSSR count). The van der Waals surface area contributed by atoms with Gasteiger partial charge in [-0.3, -0.25) is 4.79 Å². The number of hydrogen-bond acceptors (Lipinski definition) is 5. The number of anilines is 1. The van der Waals surface area contributed by atoms with Crippen molar-refractivity contribution in [2.75, 3.05) is 12.4 Å². The molecule has 0 unspecified atom stereocenters. The molecule has 0 spiro atoms. The average molecular weight is 261 g/mol. The first kappa shape index (κ1) is 12.8. The zero-order valence-electron chi connectivity index (χ0n) is 10.6. The minimum absolute atomic E-state index is 0.128. The van der Waals surface area contributed by atoms with Crippen LogP contribution in [0.25, 0.3) is 10.9 Å². The van der Waals surface area contributed by atoms with E-state index in [-0.39, 0.29) is 11.0 Å². The van der Waals surface area contributed by atoms with Crippen LogP contribution < -0.4 is 5.32 Å². The third-order valence-corrected chi connectivity index (χ3v) is 3.75. The van der Waals surface area contributed by atoms with Gasteiger partial charge in [-0.1, -0.05) is 23.9 Å². The molecular weight excluding hydrogens is 246 g/mol. The summed E-state index contributed by atoms with van der Waals surface area (Å²) in [5.41, 5.74) is 0.884. The van der Waals surface area contributed by atoms with Crippen molar-refractivity contribution >= 4 is 34.3 Å². The van der Waals surface area contributed by atoms with Crippen molar-refractivity contribution in [1.82, 2.24) is 9.97 Å². The number of ketones is 1. The van der Waals surface area contributed by atoms with E-state index in [0.717, 1.165) is 16.7 Å². The van der Waals surface area contributed by atoms with Gasteiger partial charge in [-0.2, -0.15) is 0 Å². The Hall–Kier alpha value is -1.62. The highest BCUT2D eigenvalue weighted by atomic mass is 32.2. The molecule has 0 aliphatic carbocycles. The Balaban J connectivity index is 2.44. The molecule has 0 saturated carbocycles. The molecule has 0 aliphatic rings. The van der Waals surface area contributed by atoms with Crippen LogP contribution >= 0.6 is 11.8 Å². The highest BCUT2D eigenvalue weighted by molar-refractivity contribution is 8.00. The molecule has 0 bridgehead atoms. The first-order chi connectivity index (χ1) is 8.61. The Morgan fingerprint density at radius 1 is 1.33 bits per heavy atom. The van der Waals surface area contributed by atoms with Crippen molar-refractivity contribution in [1.29, 1.82) is 0 Å². The van der Waals surface area contributed by atoms with E-state index >= 15 is 0 Å². The number of thioether (sulfide) groups is 1. The molecule has 4 nitrogen and oxygen atoms in total. The molecule has 94 valence electrons. The lowest BCUT2D eigenvalue weighted by molar-refractivity contribution is -0.116. The van der Waals surface area contributed by atoms with Gasteiger partial charge in [0.15, 0.2) is 5.16 Å². The number of nitrogens with one attached hydrogen (secondary N) is 1. The van der Waals surface area contributed by atoms with Crippen LogP contribution in [-0.2, 0) is 4.79 Å². The molecule has 1 atom stereocenters. The Labute approximate surface area is 110 Å². The van der Waals surface area contributed by atoms with E-state index in [1.165, 1.54) is 11.8 Å². The van der Waals surface area contributed by atoms with E-state index in [0.29, 0.717) is 5.16 Å². The number of carbonyl (C=O) groups is 1. The maximum Gasteiger partial charge on any atom is 0.190 e. The maximum atomic E-state index is 11.3. The second kappa shape index (κ2) is 5.35. The summed E-state index contributed by atoms with van der Waals surface area (Å²) in [4.78, 5) is 20.2. The second-order valence-corrected chi connectivity index (χ2v) is 5.30. The molecule has 0 amide bonds. The van der Waals surface area contributed by atoms with Crippen LogP contribution in [0.5, 0.6) is 0 Å². The summed E-state index contributed by atoms with van der Waals surface area (Å²) >= 11 is 1.38. The van der Waals surface area contributed by atoms with E-state index < -0.39 is 0 Å². The van der Waals surface area contributed by atoms with Gasteiger partial charge in [0.05, 0.1) is 10.8 Å². The highest BCUT2D eigenvalue weighted by Crippen LogP contribution is 2.26. The Morgan fingerprint density at radius 3 is 2.72 bits per heavy atom. The van der Waals surface area contributed by atoms with Gasteiger partial charge in [0.25, 0.3) is 0 Å². The van der Waals surface area contributed by atoms with Crippen LogP contribution in [-0.4, -0.2) is 28.0 Å². The molecule has 0 aliphatic heterocycles. The van der Waals surface area contributed by atoms with Crippen molar-refractivity contribution in [2.24, 2.45) is 0 Å². The number of para-hydroxylation sites is 1. The van der Waals surface area contributed by atoms with Gasteiger partial charge in [-0.05, 0) is 26.0 Å². The first-order valence-electron chi connectivity index (χ1n) is 5.73. The van der Waals surface area contributed by atoms with Crippen molar-refractivity contribution in [3.63, 3.8) is 0 Å². The summed E-state index contributed by atoms with van der Waals surface area (Å²) in [5.74, 6) is 0.918. The molecule has 18 heavy (non-hydrogen) atoms. The molecule has 1 aromatic heterocycles. The lowest BCUT2D eigenvalue weighted by Gasteiger charge is -2.09. The topological polar surface area (TPSA) is 54.9 Å². The molecular formula is C13H15N3OS. The van der Waals surface area contributed by atoms with Gasteiger partial charge in [-0.25, -0.2) is 9.97 Å². The predicted octanol–water partition coefficient (Wildman–Crippen LogP) is 2.74. The number of rotatable bonds is 4. The molecule has 0 saturated heterocycles. The van der Waals surface area contributed by atoms with E-state index in [1.54, 1.807) is 6.92 Å². The van der Waals surface area contributed by atoms with Gasteiger partial charge in [0, 0.05) is 12.4 Å². The Kier molecular flexibility index (Phi) is 3.81. The minimum Gasteiger partial charge on any atom is -0.372 e. The summed E-state index contributed by atoms with van der Waals surface area (Å²) in [6, 6.07) is 7.82. The number of Topliss-reactive ketones (excluding diaryl/α,β-unsaturated/α-hetero) is 1. The van der Waals surface area contributed by atoms with Crippen LogP contribution in [0.4, 0.5) is 5.82 Å². The van der Waals surface area contributed by atoms with E-state index in [1.807, 2.05) is 38.2 Å². The van der Waals surface area contributed by atoms with Gasteiger partial charge in [-0.15, -0.1) is 0 Å². The summed E-state index contributed by atoms with van der Waals surface area (Å²) in [6.07, 6.45) is 0. The standard InChI is InChI=1S/C13H15N3OS/c1-8(17)9(2)18-13-15-11-7-5-4-6-10(11)12(14-3)16-13/h4-7,9H,1-3H3,(H,14,15,16)/t9-/m1/s1. The lowest BCUT2D eigenvalue weighted by Crippen LogP contribution is -2.09. The smallest absolute Gasteiger partial charge is 0.190 e. The van der Waals surface area contributed by atoms with Crippen LogP contribution in [0.3, 0.4) is 0 Å². The van der Waals surface area contributed by atoms with Crippen LogP contribution in [0, 0.1) is 0 Å². The van der Waals surface area contributed by atoms with Crippen molar-refractivity contribution in [2.45, 2.75) is 24.3 Å². The zero-order chi connectivity index (χ0) is 13.1. The summed E-state index contributed by atoms with van der Waals surface area (Å²) in [7, 11) is 1.83. The van der Waals surface area contributed by atoms with Crippen LogP contribution in [0.1, 0.15) is 13.8 Å². The summed E-state index contributed by atoms with van der Waals surface area (Å²) in [5, 5.41) is 4.55. The lowest BCUT2D eigenvalue weighted by atomic mass is 10.2. The van der Waals surface area contributed by atoms with E-state index in [2.05, 4.69) is 15.3 Å². The maximum absolute atomic E-state index is 11.3. The number of fused-ring (bicyclic) bond motifs is 1. The quantitative estimate of drug-likeness (QED) is 0.677. The molecule has 0 radical (unpaired) electrons. The molecule has 1 aromatic carbocycles. The monoisotopic (exact) mass is 261 g/mol. The molecule has 0 fully saturated rings. The fourth-order valence-corrected chi connectivity index (χ4v) is 2.32. The van der Waals surface area contributed by atoms with Crippen LogP contribution in [0.2, 0.25) is 0 Å². The highest BCUT2D eigenvalue weighted by Gasteiger charge is 2.13. The zero-order valence-corrected chi connectivity index (χ0v) is 11.4. The minimum atomic E-state index is -0.129.